The maximum Gasteiger partial charge on any atom is 0.303 e. The third-order valence-electron chi connectivity index (χ3n) is 7.87. The number of ketones is 1. The first-order chi connectivity index (χ1) is 16.4. The zero-order chi connectivity index (χ0) is 23.9. The van der Waals surface area contributed by atoms with Gasteiger partial charge < -0.3 is 9.64 Å². The van der Waals surface area contributed by atoms with Crippen LogP contribution in [0.25, 0.3) is 0 Å². The summed E-state index contributed by atoms with van der Waals surface area (Å²) in [5, 5.41) is 0. The number of anilines is 1. The lowest BCUT2D eigenvalue weighted by molar-refractivity contribution is -0.189. The smallest absolute Gasteiger partial charge is 0.303 e. The Kier molecular flexibility index (Phi) is 6.09. The lowest BCUT2D eigenvalue weighted by atomic mass is 9.56. The van der Waals surface area contributed by atoms with E-state index in [-0.39, 0.29) is 24.0 Å². The molecule has 3 saturated carbocycles. The normalized spacial score (nSPS) is 31.2. The predicted octanol–water partition coefficient (Wildman–Crippen LogP) is 0.665. The SMILES string of the molecule is CC(=O)OC12CCC(C(=O)C1)C1C(=O)N(CCCCN3CCN(c4ncccn4)CC3)C(=O)C12. The zero-order valence-corrected chi connectivity index (χ0v) is 19.5. The lowest BCUT2D eigenvalue weighted by Gasteiger charge is -2.49. The van der Waals surface area contributed by atoms with Gasteiger partial charge in [0.2, 0.25) is 17.8 Å². The number of amides is 2. The molecule has 1 aromatic rings. The second-order valence-corrected chi connectivity index (χ2v) is 9.86. The summed E-state index contributed by atoms with van der Waals surface area (Å²) in [5.41, 5.74) is -1.15. The topological polar surface area (TPSA) is 113 Å². The molecule has 2 aliphatic heterocycles. The molecule has 5 aliphatic rings. The Labute approximate surface area is 198 Å². The van der Waals surface area contributed by atoms with E-state index >= 15 is 0 Å². The summed E-state index contributed by atoms with van der Waals surface area (Å²) in [6.45, 7) is 6.09. The molecule has 10 nitrogen and oxygen atoms in total. The summed E-state index contributed by atoms with van der Waals surface area (Å²) in [6.07, 6.45) is 6.09. The highest BCUT2D eigenvalue weighted by Gasteiger charge is 2.68. The van der Waals surface area contributed by atoms with E-state index in [2.05, 4.69) is 19.8 Å². The van der Waals surface area contributed by atoms with E-state index in [1.165, 1.54) is 11.8 Å². The van der Waals surface area contributed by atoms with Crippen molar-refractivity contribution < 1.29 is 23.9 Å². The fourth-order valence-corrected chi connectivity index (χ4v) is 6.32. The van der Waals surface area contributed by atoms with Gasteiger partial charge in [0.1, 0.15) is 11.4 Å². The van der Waals surface area contributed by atoms with Crippen molar-refractivity contribution in [2.45, 2.75) is 44.6 Å². The number of aromatic nitrogens is 2. The van der Waals surface area contributed by atoms with Gasteiger partial charge in [-0.15, -0.1) is 0 Å². The molecule has 0 N–H and O–H groups in total. The van der Waals surface area contributed by atoms with Gasteiger partial charge in [-0.3, -0.25) is 29.0 Å². The second kappa shape index (κ2) is 9.05. The third-order valence-corrected chi connectivity index (χ3v) is 7.87. The van der Waals surface area contributed by atoms with Gasteiger partial charge in [0.05, 0.1) is 11.8 Å². The molecule has 182 valence electrons. The molecule has 2 saturated heterocycles. The van der Waals surface area contributed by atoms with Crippen LogP contribution in [0.4, 0.5) is 5.95 Å². The van der Waals surface area contributed by atoms with Crippen molar-refractivity contribution in [1.82, 2.24) is 19.8 Å². The van der Waals surface area contributed by atoms with Crippen molar-refractivity contribution in [3.8, 4) is 0 Å². The number of nitrogens with zero attached hydrogens (tertiary/aromatic N) is 5. The van der Waals surface area contributed by atoms with Crippen LogP contribution in [-0.2, 0) is 23.9 Å². The molecular weight excluding hydrogens is 438 g/mol. The first-order valence-corrected chi connectivity index (χ1v) is 12.2. The van der Waals surface area contributed by atoms with Gasteiger partial charge in [0.15, 0.2) is 0 Å². The van der Waals surface area contributed by atoms with Gasteiger partial charge in [0, 0.05) is 64.4 Å². The number of likely N-dealkylation sites (tertiary alicyclic amines) is 1. The van der Waals surface area contributed by atoms with Crippen LogP contribution in [0.3, 0.4) is 0 Å². The minimum absolute atomic E-state index is 0.0469. The first-order valence-electron chi connectivity index (χ1n) is 12.2. The minimum Gasteiger partial charge on any atom is -0.458 e. The average molecular weight is 470 g/mol. The summed E-state index contributed by atoms with van der Waals surface area (Å²) in [6, 6.07) is 1.81. The van der Waals surface area contributed by atoms with Gasteiger partial charge in [0.25, 0.3) is 0 Å². The lowest BCUT2D eigenvalue weighted by Crippen LogP contribution is -2.60. The fraction of sp³-hybridized carbons (Fsp3) is 0.667. The molecule has 4 atom stereocenters. The maximum atomic E-state index is 13.3. The highest BCUT2D eigenvalue weighted by Crippen LogP contribution is 2.55. The number of carbonyl (C=O) groups is 4. The van der Waals surface area contributed by atoms with E-state index in [0.29, 0.717) is 25.8 Å². The van der Waals surface area contributed by atoms with Gasteiger partial charge >= 0.3 is 5.97 Å². The van der Waals surface area contributed by atoms with Gasteiger partial charge in [-0.1, -0.05) is 0 Å². The van der Waals surface area contributed by atoms with Crippen molar-refractivity contribution in [3.63, 3.8) is 0 Å². The Morgan fingerprint density at radius 1 is 1.06 bits per heavy atom. The van der Waals surface area contributed by atoms with Crippen LogP contribution in [0.15, 0.2) is 18.5 Å². The number of piperazine rings is 1. The van der Waals surface area contributed by atoms with E-state index in [1.807, 2.05) is 6.07 Å². The second-order valence-electron chi connectivity index (χ2n) is 9.86. The molecule has 0 spiro atoms. The van der Waals surface area contributed by atoms with Crippen molar-refractivity contribution in [3.05, 3.63) is 18.5 Å². The summed E-state index contributed by atoms with van der Waals surface area (Å²) in [7, 11) is 0. The van der Waals surface area contributed by atoms with Crippen LogP contribution < -0.4 is 4.90 Å². The van der Waals surface area contributed by atoms with E-state index in [4.69, 9.17) is 4.74 Å². The van der Waals surface area contributed by atoms with Crippen LogP contribution in [0.1, 0.15) is 39.0 Å². The predicted molar refractivity (Wildman–Crippen MR) is 120 cm³/mol. The van der Waals surface area contributed by atoms with Crippen molar-refractivity contribution in [1.29, 1.82) is 0 Å². The largest absolute Gasteiger partial charge is 0.458 e. The molecule has 4 unspecified atom stereocenters. The minimum atomic E-state index is -1.15. The molecule has 0 aromatic carbocycles. The van der Waals surface area contributed by atoms with Crippen LogP contribution in [0, 0.1) is 17.8 Å². The Bertz CT molecular complexity index is 975. The van der Waals surface area contributed by atoms with Gasteiger partial charge in [-0.2, -0.15) is 0 Å². The standard InChI is InChI=1S/C24H31N5O5/c1-16(30)34-24-6-5-17(18(31)15-24)19-20(24)22(33)29(21(19)32)10-3-2-9-27-11-13-28(14-12-27)23-25-7-4-8-26-23/h4,7-8,17,19-20H,2-3,5-6,9-15H2,1H3. The quantitative estimate of drug-likeness (QED) is 0.323. The van der Waals surface area contributed by atoms with Crippen LogP contribution in [0.5, 0.6) is 0 Å². The van der Waals surface area contributed by atoms with Crippen molar-refractivity contribution in [2.24, 2.45) is 17.8 Å². The summed E-state index contributed by atoms with van der Waals surface area (Å²) >= 11 is 0. The van der Waals surface area contributed by atoms with E-state index in [0.717, 1.165) is 45.1 Å². The summed E-state index contributed by atoms with van der Waals surface area (Å²) in [5.74, 6) is -2.15. The highest BCUT2D eigenvalue weighted by molar-refractivity contribution is 6.09. The van der Waals surface area contributed by atoms with E-state index in [1.54, 1.807) is 12.4 Å². The molecule has 0 radical (unpaired) electrons. The summed E-state index contributed by atoms with van der Waals surface area (Å²) in [4.78, 5) is 65.3. The van der Waals surface area contributed by atoms with Gasteiger partial charge in [-0.05, 0) is 38.3 Å². The molecular formula is C24H31N5O5. The number of imide groups is 1. The first kappa shape index (κ1) is 22.9. The average Bonchev–Trinajstić information content (AvgIpc) is 3.09. The Morgan fingerprint density at radius 2 is 1.76 bits per heavy atom. The third kappa shape index (κ3) is 3.97. The number of Topliss-reactive ketones (excluding diaryl/α,β-unsaturated/α-hetero) is 1. The summed E-state index contributed by atoms with van der Waals surface area (Å²) < 4.78 is 5.58. The van der Waals surface area contributed by atoms with Crippen LogP contribution in [0.2, 0.25) is 0 Å². The maximum absolute atomic E-state index is 13.3. The molecule has 3 aliphatic carbocycles. The van der Waals surface area contributed by atoms with Crippen molar-refractivity contribution in [2.75, 3.05) is 44.2 Å². The Morgan fingerprint density at radius 3 is 2.44 bits per heavy atom. The number of ether oxygens (including phenoxy) is 1. The van der Waals surface area contributed by atoms with Crippen molar-refractivity contribution >= 4 is 29.5 Å². The fourth-order valence-electron chi connectivity index (χ4n) is 6.32. The van der Waals surface area contributed by atoms with Crippen LogP contribution in [-0.4, -0.2) is 88.2 Å². The Hall–Kier alpha value is -2.88. The number of esters is 1. The molecule has 2 bridgehead atoms. The molecule has 5 fully saturated rings. The number of fused-ring (bicyclic) bond motifs is 2. The number of hydrogen-bond donors (Lipinski definition) is 0. The monoisotopic (exact) mass is 469 g/mol. The number of hydrogen-bond acceptors (Lipinski definition) is 9. The van der Waals surface area contributed by atoms with E-state index in [9.17, 15) is 19.2 Å². The highest BCUT2D eigenvalue weighted by atomic mass is 16.6. The molecule has 6 rings (SSSR count). The molecule has 1 aromatic heterocycles. The number of rotatable bonds is 7. The molecule has 3 heterocycles. The Balaban J connectivity index is 1.14. The zero-order valence-electron chi connectivity index (χ0n) is 19.5. The van der Waals surface area contributed by atoms with Crippen LogP contribution >= 0.6 is 0 Å². The molecule has 34 heavy (non-hydrogen) atoms. The van der Waals surface area contributed by atoms with E-state index < -0.39 is 29.3 Å². The molecule has 10 heteroatoms. The number of unbranched alkanes of at least 4 members (excludes halogenated alkanes) is 1. The molecule has 2 amide bonds. The number of carbonyl (C=O) groups excluding carboxylic acids is 4. The van der Waals surface area contributed by atoms with Gasteiger partial charge in [-0.25, -0.2) is 9.97 Å².